The SMILES string of the molecule is CC1CCN(c2ccc(NC(=O)C3CCCN(S(C)(=O)=O)C3)cc2)CC1. The zero-order valence-electron chi connectivity index (χ0n) is 15.6. The van der Waals surface area contributed by atoms with E-state index in [2.05, 4.69) is 29.3 Å². The summed E-state index contributed by atoms with van der Waals surface area (Å²) in [6.45, 7) is 5.24. The van der Waals surface area contributed by atoms with Crippen molar-refractivity contribution in [1.82, 2.24) is 4.31 Å². The molecule has 1 atom stereocenters. The Hall–Kier alpha value is -1.60. The van der Waals surface area contributed by atoms with Gasteiger partial charge in [-0.3, -0.25) is 4.79 Å². The van der Waals surface area contributed by atoms with Gasteiger partial charge in [0.15, 0.2) is 0 Å². The van der Waals surface area contributed by atoms with Crippen molar-refractivity contribution < 1.29 is 13.2 Å². The van der Waals surface area contributed by atoms with E-state index >= 15 is 0 Å². The van der Waals surface area contributed by atoms with Crippen LogP contribution in [0.1, 0.15) is 32.6 Å². The van der Waals surface area contributed by atoms with Crippen molar-refractivity contribution in [2.45, 2.75) is 32.6 Å². The number of nitrogens with one attached hydrogen (secondary N) is 1. The van der Waals surface area contributed by atoms with E-state index in [1.54, 1.807) is 0 Å². The number of carbonyl (C=O) groups excluding carboxylic acids is 1. The van der Waals surface area contributed by atoms with E-state index in [1.165, 1.54) is 29.1 Å². The van der Waals surface area contributed by atoms with Crippen LogP contribution < -0.4 is 10.2 Å². The van der Waals surface area contributed by atoms with Crippen LogP contribution >= 0.6 is 0 Å². The molecule has 0 saturated carbocycles. The Kier molecular flexibility index (Phi) is 5.87. The largest absolute Gasteiger partial charge is 0.372 e. The number of piperidine rings is 2. The molecule has 6 nitrogen and oxygen atoms in total. The van der Waals surface area contributed by atoms with Crippen molar-refractivity contribution in [2.24, 2.45) is 11.8 Å². The van der Waals surface area contributed by atoms with Gasteiger partial charge >= 0.3 is 0 Å². The molecule has 0 aromatic heterocycles. The first-order valence-corrected chi connectivity index (χ1v) is 11.3. The van der Waals surface area contributed by atoms with E-state index in [0.717, 1.165) is 37.5 Å². The second kappa shape index (κ2) is 7.96. The second-order valence-corrected chi connectivity index (χ2v) is 9.65. The molecule has 1 amide bonds. The molecule has 1 N–H and O–H groups in total. The molecule has 3 rings (SSSR count). The van der Waals surface area contributed by atoms with Gasteiger partial charge in [0.1, 0.15) is 0 Å². The number of amides is 1. The molecule has 0 aliphatic carbocycles. The van der Waals surface area contributed by atoms with Crippen molar-refractivity contribution in [2.75, 3.05) is 42.7 Å². The first-order chi connectivity index (χ1) is 12.3. The first-order valence-electron chi connectivity index (χ1n) is 9.44. The van der Waals surface area contributed by atoms with Crippen molar-refractivity contribution in [3.05, 3.63) is 24.3 Å². The Morgan fingerprint density at radius 3 is 2.35 bits per heavy atom. The lowest BCUT2D eigenvalue weighted by molar-refractivity contribution is -0.120. The maximum Gasteiger partial charge on any atom is 0.228 e. The third kappa shape index (κ3) is 4.76. The summed E-state index contributed by atoms with van der Waals surface area (Å²) in [4.78, 5) is 14.9. The van der Waals surface area contributed by atoms with Gasteiger partial charge in [-0.05, 0) is 55.9 Å². The Bertz CT molecular complexity index is 725. The van der Waals surface area contributed by atoms with Gasteiger partial charge in [0, 0.05) is 37.6 Å². The van der Waals surface area contributed by atoms with Crippen molar-refractivity contribution in [3.63, 3.8) is 0 Å². The lowest BCUT2D eigenvalue weighted by atomic mass is 9.98. The van der Waals surface area contributed by atoms with Crippen molar-refractivity contribution in [3.8, 4) is 0 Å². The molecule has 2 saturated heterocycles. The summed E-state index contributed by atoms with van der Waals surface area (Å²) in [5, 5.41) is 2.94. The van der Waals surface area contributed by atoms with E-state index < -0.39 is 10.0 Å². The summed E-state index contributed by atoms with van der Waals surface area (Å²) < 4.78 is 24.8. The standard InChI is InChI=1S/C19H29N3O3S/c1-15-9-12-21(13-10-15)18-7-5-17(6-8-18)20-19(23)16-4-3-11-22(14-16)26(2,24)25/h5-8,15-16H,3-4,9-14H2,1-2H3,(H,20,23). The number of benzene rings is 1. The molecule has 2 fully saturated rings. The van der Waals surface area contributed by atoms with Crippen LogP contribution in [0.4, 0.5) is 11.4 Å². The lowest BCUT2D eigenvalue weighted by Gasteiger charge is -2.32. The predicted molar refractivity (Wildman–Crippen MR) is 105 cm³/mol. The van der Waals surface area contributed by atoms with Gasteiger partial charge in [0.05, 0.1) is 12.2 Å². The molecule has 0 radical (unpaired) electrons. The van der Waals surface area contributed by atoms with Gasteiger partial charge in [-0.2, -0.15) is 0 Å². The average molecular weight is 380 g/mol. The fraction of sp³-hybridized carbons (Fsp3) is 0.632. The van der Waals surface area contributed by atoms with Crippen LogP contribution in [0.15, 0.2) is 24.3 Å². The molecule has 0 spiro atoms. The van der Waals surface area contributed by atoms with Crippen LogP contribution in [0.2, 0.25) is 0 Å². The minimum atomic E-state index is -3.24. The maximum atomic E-state index is 12.5. The Labute approximate surface area is 156 Å². The fourth-order valence-electron chi connectivity index (χ4n) is 3.72. The van der Waals surface area contributed by atoms with Crippen LogP contribution in [0, 0.1) is 11.8 Å². The van der Waals surface area contributed by atoms with Gasteiger partial charge in [-0.15, -0.1) is 0 Å². The summed E-state index contributed by atoms with van der Waals surface area (Å²) in [7, 11) is -3.24. The third-order valence-corrected chi connectivity index (χ3v) is 6.78. The maximum absolute atomic E-state index is 12.5. The van der Waals surface area contributed by atoms with Crippen LogP contribution in [-0.2, 0) is 14.8 Å². The fourth-order valence-corrected chi connectivity index (χ4v) is 4.64. The van der Waals surface area contributed by atoms with Gasteiger partial charge in [0.25, 0.3) is 0 Å². The Morgan fingerprint density at radius 2 is 1.73 bits per heavy atom. The van der Waals surface area contributed by atoms with Crippen LogP contribution in [0.5, 0.6) is 0 Å². The molecule has 1 unspecified atom stereocenters. The molecule has 2 aliphatic heterocycles. The van der Waals surface area contributed by atoms with Crippen LogP contribution in [0.3, 0.4) is 0 Å². The Balaban J connectivity index is 1.57. The highest BCUT2D eigenvalue weighted by Crippen LogP contribution is 2.25. The zero-order chi connectivity index (χ0) is 18.7. The smallest absolute Gasteiger partial charge is 0.228 e. The highest BCUT2D eigenvalue weighted by molar-refractivity contribution is 7.88. The first kappa shape index (κ1) is 19.2. The third-order valence-electron chi connectivity index (χ3n) is 5.51. The van der Waals surface area contributed by atoms with Crippen molar-refractivity contribution in [1.29, 1.82) is 0 Å². The molecule has 1 aromatic rings. The van der Waals surface area contributed by atoms with E-state index in [0.29, 0.717) is 6.54 Å². The summed E-state index contributed by atoms with van der Waals surface area (Å²) >= 11 is 0. The van der Waals surface area contributed by atoms with E-state index in [-0.39, 0.29) is 18.4 Å². The highest BCUT2D eigenvalue weighted by Gasteiger charge is 2.30. The minimum Gasteiger partial charge on any atom is -0.372 e. The van der Waals surface area contributed by atoms with Crippen LogP contribution in [0.25, 0.3) is 0 Å². The summed E-state index contributed by atoms with van der Waals surface area (Å²) in [5.41, 5.74) is 1.96. The van der Waals surface area contributed by atoms with Gasteiger partial charge in [-0.25, -0.2) is 12.7 Å². The van der Waals surface area contributed by atoms with Gasteiger partial charge in [-0.1, -0.05) is 6.92 Å². The van der Waals surface area contributed by atoms with Crippen LogP contribution in [-0.4, -0.2) is 51.1 Å². The molecule has 1 aromatic carbocycles. The number of hydrogen-bond donors (Lipinski definition) is 1. The normalized spacial score (nSPS) is 23.0. The molecule has 0 bridgehead atoms. The summed E-state index contributed by atoms with van der Waals surface area (Å²) in [6, 6.07) is 7.97. The van der Waals surface area contributed by atoms with E-state index in [4.69, 9.17) is 0 Å². The predicted octanol–water partition coefficient (Wildman–Crippen LogP) is 2.53. The second-order valence-electron chi connectivity index (χ2n) is 7.67. The summed E-state index contributed by atoms with van der Waals surface area (Å²) in [5.74, 6) is 0.409. The Morgan fingerprint density at radius 1 is 1.08 bits per heavy atom. The highest BCUT2D eigenvalue weighted by atomic mass is 32.2. The average Bonchev–Trinajstić information content (AvgIpc) is 2.62. The van der Waals surface area contributed by atoms with Gasteiger partial charge < -0.3 is 10.2 Å². The van der Waals surface area contributed by atoms with Gasteiger partial charge in [0.2, 0.25) is 15.9 Å². The summed E-state index contributed by atoms with van der Waals surface area (Å²) in [6.07, 6.45) is 5.08. The van der Waals surface area contributed by atoms with E-state index in [1.807, 2.05) is 12.1 Å². The molecule has 2 heterocycles. The molecule has 2 aliphatic rings. The van der Waals surface area contributed by atoms with Crippen molar-refractivity contribution >= 4 is 27.3 Å². The number of sulfonamides is 1. The topological polar surface area (TPSA) is 69.7 Å². The molecular weight excluding hydrogens is 350 g/mol. The molecular formula is C19H29N3O3S. The molecule has 26 heavy (non-hydrogen) atoms. The number of nitrogens with zero attached hydrogens (tertiary/aromatic N) is 2. The zero-order valence-corrected chi connectivity index (χ0v) is 16.5. The minimum absolute atomic E-state index is 0.0992. The number of hydrogen-bond acceptors (Lipinski definition) is 4. The molecule has 7 heteroatoms. The monoisotopic (exact) mass is 379 g/mol. The molecule has 144 valence electrons. The quantitative estimate of drug-likeness (QED) is 0.873. The number of carbonyl (C=O) groups is 1. The number of rotatable bonds is 4. The lowest BCUT2D eigenvalue weighted by Crippen LogP contribution is -2.43. The number of anilines is 2. The van der Waals surface area contributed by atoms with E-state index in [9.17, 15) is 13.2 Å².